The molecule has 0 saturated heterocycles. The molecule has 0 fully saturated rings. The van der Waals surface area contributed by atoms with E-state index in [4.69, 9.17) is 11.6 Å². The molecule has 0 unspecified atom stereocenters. The van der Waals surface area contributed by atoms with Gasteiger partial charge in [-0.15, -0.1) is 0 Å². The van der Waals surface area contributed by atoms with Crippen LogP contribution in [0.4, 0.5) is 5.69 Å². The molecule has 0 saturated carbocycles. The van der Waals surface area contributed by atoms with Gasteiger partial charge in [-0.25, -0.2) is 8.42 Å². The number of benzene rings is 3. The van der Waals surface area contributed by atoms with Crippen molar-refractivity contribution in [1.29, 1.82) is 0 Å². The molecule has 0 spiro atoms. The number of rotatable bonds is 8. The molecule has 5 nitrogen and oxygen atoms in total. The number of carbonyl (C=O) groups is 1. The van der Waals surface area contributed by atoms with E-state index in [-0.39, 0.29) is 33.1 Å². The molecule has 0 aliphatic carbocycles. The molecule has 3 rings (SSSR count). The Balaban J connectivity index is 1.84. The third-order valence-electron chi connectivity index (χ3n) is 4.73. The topological polar surface area (TPSA) is 75.3 Å². The number of halogens is 1. The van der Waals surface area contributed by atoms with Gasteiger partial charge in [0.25, 0.3) is 15.9 Å². The van der Waals surface area contributed by atoms with E-state index < -0.39 is 10.0 Å². The highest BCUT2D eigenvalue weighted by Gasteiger charge is 2.20. The Bertz CT molecular complexity index is 1130. The van der Waals surface area contributed by atoms with Crippen LogP contribution in [0, 0.1) is 5.92 Å². The average molecular weight is 457 g/mol. The van der Waals surface area contributed by atoms with Gasteiger partial charge in [-0.05, 0) is 48.2 Å². The quantitative estimate of drug-likeness (QED) is 0.459. The summed E-state index contributed by atoms with van der Waals surface area (Å²) >= 11 is 6.28. The predicted molar refractivity (Wildman–Crippen MR) is 125 cm³/mol. The van der Waals surface area contributed by atoms with Crippen molar-refractivity contribution in [2.24, 2.45) is 5.92 Å². The lowest BCUT2D eigenvalue weighted by Gasteiger charge is -2.22. The summed E-state index contributed by atoms with van der Waals surface area (Å²) in [6, 6.07) is 22.1. The number of anilines is 1. The minimum absolute atomic E-state index is 0.136. The number of carbonyl (C=O) groups excluding carboxylic acids is 1. The van der Waals surface area contributed by atoms with Crippen LogP contribution in [0.5, 0.6) is 0 Å². The van der Waals surface area contributed by atoms with Crippen molar-refractivity contribution in [2.75, 3.05) is 4.72 Å². The second kappa shape index (κ2) is 9.98. The van der Waals surface area contributed by atoms with Gasteiger partial charge in [-0.3, -0.25) is 9.52 Å². The maximum absolute atomic E-state index is 13.0. The molecule has 7 heteroatoms. The molecule has 0 heterocycles. The summed E-state index contributed by atoms with van der Waals surface area (Å²) in [7, 11) is -3.78. The Kier molecular flexibility index (Phi) is 7.36. The van der Waals surface area contributed by atoms with Crippen LogP contribution in [-0.4, -0.2) is 14.3 Å². The Morgan fingerprint density at radius 1 is 0.935 bits per heavy atom. The first-order chi connectivity index (χ1) is 14.8. The smallest absolute Gasteiger partial charge is 0.261 e. The summed E-state index contributed by atoms with van der Waals surface area (Å²) in [5.41, 5.74) is 1.47. The number of hydrogen-bond acceptors (Lipinski definition) is 3. The molecular formula is C24H25ClN2O3S. The molecule has 3 aromatic carbocycles. The molecule has 0 bridgehead atoms. The molecule has 0 radical (unpaired) electrons. The molecule has 0 aliphatic rings. The first-order valence-electron chi connectivity index (χ1n) is 9.99. The number of nitrogens with one attached hydrogen (secondary N) is 2. The fourth-order valence-electron chi connectivity index (χ4n) is 3.25. The number of hydrogen-bond donors (Lipinski definition) is 2. The van der Waals surface area contributed by atoms with Crippen LogP contribution >= 0.6 is 11.6 Å². The van der Waals surface area contributed by atoms with Gasteiger partial charge in [0.1, 0.15) is 0 Å². The van der Waals surface area contributed by atoms with Gasteiger partial charge in [-0.2, -0.15) is 0 Å². The Labute approximate surface area is 188 Å². The van der Waals surface area contributed by atoms with Crippen LogP contribution in [0.25, 0.3) is 0 Å². The van der Waals surface area contributed by atoms with Gasteiger partial charge in [-0.1, -0.05) is 74.0 Å². The second-order valence-corrected chi connectivity index (χ2v) is 9.77. The van der Waals surface area contributed by atoms with Gasteiger partial charge in [0.15, 0.2) is 0 Å². The first-order valence-corrected chi connectivity index (χ1v) is 11.9. The zero-order valence-electron chi connectivity index (χ0n) is 17.4. The molecule has 2 N–H and O–H groups in total. The molecule has 3 aromatic rings. The minimum atomic E-state index is -3.78. The predicted octanol–water partition coefficient (Wildman–Crippen LogP) is 5.66. The summed E-state index contributed by atoms with van der Waals surface area (Å²) < 4.78 is 27.7. The van der Waals surface area contributed by atoms with Gasteiger partial charge in [0.2, 0.25) is 0 Å². The van der Waals surface area contributed by atoms with E-state index in [0.29, 0.717) is 5.92 Å². The zero-order chi connectivity index (χ0) is 22.4. The van der Waals surface area contributed by atoms with Gasteiger partial charge >= 0.3 is 0 Å². The number of amides is 1. The lowest BCUT2D eigenvalue weighted by molar-refractivity contribution is 0.0932. The minimum Gasteiger partial charge on any atom is -0.345 e. The first kappa shape index (κ1) is 22.8. The maximum Gasteiger partial charge on any atom is 0.261 e. The summed E-state index contributed by atoms with van der Waals surface area (Å²) in [6.07, 6.45) is 0.758. The van der Waals surface area contributed by atoms with Crippen molar-refractivity contribution in [3.8, 4) is 0 Å². The maximum atomic E-state index is 13.0. The Morgan fingerprint density at radius 2 is 1.55 bits per heavy atom. The van der Waals surface area contributed by atoms with Crippen molar-refractivity contribution < 1.29 is 13.2 Å². The molecular weight excluding hydrogens is 432 g/mol. The molecule has 162 valence electrons. The highest BCUT2D eigenvalue weighted by Crippen LogP contribution is 2.26. The number of sulfonamides is 1. The Morgan fingerprint density at radius 3 is 2.16 bits per heavy atom. The van der Waals surface area contributed by atoms with Gasteiger partial charge < -0.3 is 5.32 Å². The summed E-state index contributed by atoms with van der Waals surface area (Å²) in [6.45, 7) is 4.18. The monoisotopic (exact) mass is 456 g/mol. The highest BCUT2D eigenvalue weighted by atomic mass is 35.5. The summed E-state index contributed by atoms with van der Waals surface area (Å²) in [5.74, 6) is 0.00487. The van der Waals surface area contributed by atoms with Crippen molar-refractivity contribution >= 4 is 33.2 Å². The van der Waals surface area contributed by atoms with Crippen LogP contribution in [0.1, 0.15) is 42.2 Å². The van der Waals surface area contributed by atoms with Crippen LogP contribution < -0.4 is 10.0 Å². The molecule has 31 heavy (non-hydrogen) atoms. The van der Waals surface area contributed by atoms with E-state index in [0.717, 1.165) is 12.0 Å². The van der Waals surface area contributed by atoms with Crippen LogP contribution in [-0.2, 0) is 10.0 Å². The zero-order valence-corrected chi connectivity index (χ0v) is 19.0. The lowest BCUT2D eigenvalue weighted by Crippen LogP contribution is -2.30. The van der Waals surface area contributed by atoms with E-state index in [1.807, 2.05) is 30.3 Å². The van der Waals surface area contributed by atoms with E-state index in [9.17, 15) is 13.2 Å². The van der Waals surface area contributed by atoms with E-state index in [1.54, 1.807) is 18.2 Å². The van der Waals surface area contributed by atoms with E-state index in [1.165, 1.54) is 30.3 Å². The van der Waals surface area contributed by atoms with E-state index in [2.05, 4.69) is 23.9 Å². The normalized spacial score (nSPS) is 12.4. The van der Waals surface area contributed by atoms with Crippen molar-refractivity contribution in [3.63, 3.8) is 0 Å². The molecule has 1 atom stereocenters. The summed E-state index contributed by atoms with van der Waals surface area (Å²) in [4.78, 5) is 13.2. The molecule has 1 amide bonds. The van der Waals surface area contributed by atoms with Crippen LogP contribution in [0.15, 0.2) is 83.8 Å². The SMILES string of the molecule is CC(C)C[C@H](NC(=O)c1cc(NS(=O)(=O)c2ccccc2)ccc1Cl)c1ccccc1. The van der Waals surface area contributed by atoms with Crippen molar-refractivity contribution in [1.82, 2.24) is 5.32 Å². The van der Waals surface area contributed by atoms with Crippen molar-refractivity contribution in [2.45, 2.75) is 31.2 Å². The molecule has 0 aromatic heterocycles. The third-order valence-corrected chi connectivity index (χ3v) is 6.46. The van der Waals surface area contributed by atoms with Crippen molar-refractivity contribution in [3.05, 3.63) is 95.0 Å². The standard InChI is InChI=1S/C24H25ClN2O3S/c1-17(2)15-23(18-9-5-3-6-10-18)26-24(28)21-16-19(13-14-22(21)25)27-31(29,30)20-11-7-4-8-12-20/h3-14,16-17,23,27H,15H2,1-2H3,(H,26,28)/t23-/m0/s1. The second-order valence-electron chi connectivity index (χ2n) is 7.68. The van der Waals surface area contributed by atoms with Gasteiger partial charge in [0.05, 0.1) is 21.5 Å². The van der Waals surface area contributed by atoms with Crippen LogP contribution in [0.2, 0.25) is 5.02 Å². The largest absolute Gasteiger partial charge is 0.345 e. The van der Waals surface area contributed by atoms with E-state index >= 15 is 0 Å². The third kappa shape index (κ3) is 6.09. The molecule has 0 aliphatic heterocycles. The van der Waals surface area contributed by atoms with Gasteiger partial charge in [0, 0.05) is 5.69 Å². The summed E-state index contributed by atoms with van der Waals surface area (Å²) in [5, 5.41) is 3.29. The van der Waals surface area contributed by atoms with Crippen LogP contribution in [0.3, 0.4) is 0 Å². The fraction of sp³-hybridized carbons (Fsp3) is 0.208. The fourth-order valence-corrected chi connectivity index (χ4v) is 4.52. The average Bonchev–Trinajstić information content (AvgIpc) is 2.75. The highest BCUT2D eigenvalue weighted by molar-refractivity contribution is 7.92. The lowest BCUT2D eigenvalue weighted by atomic mass is 9.96. The Hall–Kier alpha value is -2.83.